The number of hydrogen-bond donors (Lipinski definition) is 0. The summed E-state index contributed by atoms with van der Waals surface area (Å²) in [6.07, 6.45) is 6.32. The minimum atomic E-state index is 0.0824. The summed E-state index contributed by atoms with van der Waals surface area (Å²) in [4.78, 5) is 29.1. The number of carbonyl (C=O) groups is 1. The molecule has 1 aromatic heterocycles. The van der Waals surface area contributed by atoms with Gasteiger partial charge in [-0.05, 0) is 38.4 Å². The van der Waals surface area contributed by atoms with Crippen LogP contribution in [0.1, 0.15) is 32.6 Å². The van der Waals surface area contributed by atoms with Gasteiger partial charge in [0.1, 0.15) is 5.82 Å². The quantitative estimate of drug-likeness (QED) is 0.781. The lowest BCUT2D eigenvalue weighted by molar-refractivity contribution is -0.138. The fourth-order valence-electron chi connectivity index (χ4n) is 4.44. The van der Waals surface area contributed by atoms with Crippen molar-refractivity contribution < 1.29 is 4.79 Å². The topological polar surface area (TPSA) is 52.6 Å². The number of hydrogen-bond acceptors (Lipinski definition) is 5. The van der Waals surface area contributed by atoms with Gasteiger partial charge >= 0.3 is 0 Å². The molecule has 0 spiro atoms. The van der Waals surface area contributed by atoms with Gasteiger partial charge in [0.15, 0.2) is 5.82 Å². The van der Waals surface area contributed by atoms with E-state index < -0.39 is 0 Å². The van der Waals surface area contributed by atoms with Gasteiger partial charge in [0.25, 0.3) is 0 Å². The first-order valence-corrected chi connectivity index (χ1v) is 10.9. The monoisotopic (exact) mass is 393 g/mol. The Morgan fingerprint density at radius 1 is 1.03 bits per heavy atom. The van der Waals surface area contributed by atoms with Gasteiger partial charge in [0.05, 0.1) is 6.04 Å². The average molecular weight is 394 g/mol. The van der Waals surface area contributed by atoms with E-state index in [0.717, 1.165) is 69.3 Å². The fraction of sp³-hybridized carbons (Fsp3) is 0.522. The lowest BCUT2D eigenvalue weighted by atomic mass is 10.00. The first-order chi connectivity index (χ1) is 14.3. The first kappa shape index (κ1) is 19.8. The van der Waals surface area contributed by atoms with E-state index in [9.17, 15) is 4.79 Å². The third kappa shape index (κ3) is 4.58. The highest BCUT2D eigenvalue weighted by atomic mass is 16.2. The Bertz CT molecular complexity index is 802. The van der Waals surface area contributed by atoms with E-state index in [1.807, 2.05) is 42.6 Å². The molecule has 2 aliphatic rings. The molecule has 3 heterocycles. The van der Waals surface area contributed by atoms with Gasteiger partial charge in [0, 0.05) is 37.9 Å². The highest BCUT2D eigenvalue weighted by Gasteiger charge is 2.33. The smallest absolute Gasteiger partial charge is 0.240 e. The Morgan fingerprint density at radius 2 is 1.83 bits per heavy atom. The lowest BCUT2D eigenvalue weighted by Crippen LogP contribution is -2.56. The number of rotatable bonds is 5. The molecular formula is C23H31N5O. The lowest BCUT2D eigenvalue weighted by Gasteiger charge is -2.41. The SMILES string of the molecule is CCCN1CCCCC1C(=O)N1CCN(c2ccnc(-c3ccccc3)n2)CC1. The Balaban J connectivity index is 1.39. The molecule has 154 valence electrons. The molecule has 0 bridgehead atoms. The number of aromatic nitrogens is 2. The third-order valence-electron chi connectivity index (χ3n) is 6.00. The number of likely N-dealkylation sites (tertiary alicyclic amines) is 1. The Kier molecular flexibility index (Phi) is 6.39. The van der Waals surface area contributed by atoms with Crippen LogP contribution in [0.3, 0.4) is 0 Å². The van der Waals surface area contributed by atoms with Crippen LogP contribution in [-0.4, -0.2) is 71.0 Å². The molecule has 0 radical (unpaired) electrons. The summed E-state index contributed by atoms with van der Waals surface area (Å²) >= 11 is 0. The van der Waals surface area contributed by atoms with Gasteiger partial charge in [-0.25, -0.2) is 9.97 Å². The highest BCUT2D eigenvalue weighted by Crippen LogP contribution is 2.22. The van der Waals surface area contributed by atoms with Crippen LogP contribution in [0.25, 0.3) is 11.4 Å². The van der Waals surface area contributed by atoms with E-state index >= 15 is 0 Å². The summed E-state index contributed by atoms with van der Waals surface area (Å²) in [5.41, 5.74) is 1.02. The second kappa shape index (κ2) is 9.35. The molecule has 2 aromatic rings. The number of anilines is 1. The van der Waals surface area contributed by atoms with Crippen LogP contribution in [0.5, 0.6) is 0 Å². The normalized spacial score (nSPS) is 20.7. The largest absolute Gasteiger partial charge is 0.353 e. The summed E-state index contributed by atoms with van der Waals surface area (Å²) in [5, 5.41) is 0. The van der Waals surface area contributed by atoms with Crippen molar-refractivity contribution in [2.75, 3.05) is 44.2 Å². The van der Waals surface area contributed by atoms with Crippen molar-refractivity contribution in [2.45, 2.75) is 38.6 Å². The van der Waals surface area contributed by atoms with Gasteiger partial charge in [0.2, 0.25) is 5.91 Å². The van der Waals surface area contributed by atoms with Crippen LogP contribution in [0.4, 0.5) is 5.82 Å². The van der Waals surface area contributed by atoms with E-state index in [0.29, 0.717) is 5.91 Å². The van der Waals surface area contributed by atoms with E-state index in [1.165, 1.54) is 12.8 Å². The molecular weight excluding hydrogens is 362 g/mol. The molecule has 0 aliphatic carbocycles. The molecule has 0 saturated carbocycles. The summed E-state index contributed by atoms with van der Waals surface area (Å²) in [5.74, 6) is 2.01. The summed E-state index contributed by atoms with van der Waals surface area (Å²) in [6, 6.07) is 12.1. The zero-order valence-electron chi connectivity index (χ0n) is 17.3. The van der Waals surface area contributed by atoms with Crippen molar-refractivity contribution in [1.82, 2.24) is 19.8 Å². The molecule has 1 aromatic carbocycles. The van der Waals surface area contributed by atoms with Gasteiger partial charge < -0.3 is 9.80 Å². The molecule has 29 heavy (non-hydrogen) atoms. The third-order valence-corrected chi connectivity index (χ3v) is 6.00. The molecule has 1 amide bonds. The van der Waals surface area contributed by atoms with Crippen molar-refractivity contribution in [2.24, 2.45) is 0 Å². The second-order valence-corrected chi connectivity index (χ2v) is 7.96. The minimum Gasteiger partial charge on any atom is -0.353 e. The van der Waals surface area contributed by atoms with E-state index in [2.05, 4.69) is 26.6 Å². The fourth-order valence-corrected chi connectivity index (χ4v) is 4.44. The number of piperidine rings is 1. The number of nitrogens with zero attached hydrogens (tertiary/aromatic N) is 5. The number of benzene rings is 1. The summed E-state index contributed by atoms with van der Waals surface area (Å²) in [6.45, 7) is 7.45. The Hall–Kier alpha value is -2.47. The van der Waals surface area contributed by atoms with Crippen molar-refractivity contribution in [3.05, 3.63) is 42.6 Å². The van der Waals surface area contributed by atoms with Crippen LogP contribution >= 0.6 is 0 Å². The van der Waals surface area contributed by atoms with Crippen molar-refractivity contribution >= 4 is 11.7 Å². The minimum absolute atomic E-state index is 0.0824. The predicted molar refractivity (Wildman–Crippen MR) is 116 cm³/mol. The molecule has 6 nitrogen and oxygen atoms in total. The van der Waals surface area contributed by atoms with Crippen LogP contribution in [-0.2, 0) is 4.79 Å². The standard InChI is InChI=1S/C23H31N5O/c1-2-13-26-14-7-6-10-20(26)23(29)28-17-15-27(16-18-28)21-11-12-24-22(25-21)19-8-4-3-5-9-19/h3-5,8-9,11-12,20H,2,6-7,10,13-18H2,1H3. The summed E-state index contributed by atoms with van der Waals surface area (Å²) in [7, 11) is 0. The van der Waals surface area contributed by atoms with Gasteiger partial charge in [-0.1, -0.05) is 43.7 Å². The molecule has 4 rings (SSSR count). The maximum absolute atomic E-state index is 13.2. The van der Waals surface area contributed by atoms with Crippen molar-refractivity contribution in [1.29, 1.82) is 0 Å². The van der Waals surface area contributed by atoms with Gasteiger partial charge in [-0.15, -0.1) is 0 Å². The van der Waals surface area contributed by atoms with Crippen LogP contribution in [0.15, 0.2) is 42.6 Å². The Morgan fingerprint density at radius 3 is 2.59 bits per heavy atom. The van der Waals surface area contributed by atoms with Gasteiger partial charge in [-0.2, -0.15) is 0 Å². The van der Waals surface area contributed by atoms with E-state index in [1.54, 1.807) is 0 Å². The molecule has 2 aliphatic heterocycles. The second-order valence-electron chi connectivity index (χ2n) is 7.96. The van der Waals surface area contributed by atoms with Crippen LogP contribution in [0, 0.1) is 0 Å². The van der Waals surface area contributed by atoms with Crippen molar-refractivity contribution in [3.8, 4) is 11.4 Å². The average Bonchev–Trinajstić information content (AvgIpc) is 2.80. The molecule has 2 fully saturated rings. The van der Waals surface area contributed by atoms with E-state index in [-0.39, 0.29) is 6.04 Å². The molecule has 6 heteroatoms. The maximum atomic E-state index is 13.2. The van der Waals surface area contributed by atoms with Gasteiger partial charge in [-0.3, -0.25) is 9.69 Å². The maximum Gasteiger partial charge on any atom is 0.240 e. The molecule has 2 saturated heterocycles. The highest BCUT2D eigenvalue weighted by molar-refractivity contribution is 5.82. The molecule has 1 unspecified atom stereocenters. The van der Waals surface area contributed by atoms with Crippen LogP contribution < -0.4 is 4.90 Å². The number of piperazine rings is 1. The van der Waals surface area contributed by atoms with Crippen LogP contribution in [0.2, 0.25) is 0 Å². The first-order valence-electron chi connectivity index (χ1n) is 10.9. The number of amides is 1. The van der Waals surface area contributed by atoms with Crippen molar-refractivity contribution in [3.63, 3.8) is 0 Å². The molecule has 1 atom stereocenters. The number of carbonyl (C=O) groups excluding carboxylic acids is 1. The van der Waals surface area contributed by atoms with E-state index in [4.69, 9.17) is 4.98 Å². The zero-order chi connectivity index (χ0) is 20.1. The summed E-state index contributed by atoms with van der Waals surface area (Å²) < 4.78 is 0. The molecule has 0 N–H and O–H groups in total. The Labute approximate surface area is 173 Å². The zero-order valence-corrected chi connectivity index (χ0v) is 17.3. The predicted octanol–water partition coefficient (Wildman–Crippen LogP) is 3.06.